The number of hydroxylamine groups is 2. The Labute approximate surface area is 175 Å². The van der Waals surface area contributed by atoms with Crippen LogP contribution in [-0.4, -0.2) is 47.2 Å². The van der Waals surface area contributed by atoms with Crippen molar-refractivity contribution in [2.24, 2.45) is 0 Å². The van der Waals surface area contributed by atoms with Crippen LogP contribution in [0, 0.1) is 0 Å². The quantitative estimate of drug-likeness (QED) is 0.424. The molecule has 2 aliphatic heterocycles. The number of hydrogen-bond acceptors (Lipinski definition) is 8. The van der Waals surface area contributed by atoms with Crippen LogP contribution in [0.4, 0.5) is 5.00 Å². The Morgan fingerprint density at radius 3 is 2.65 bits per heavy atom. The van der Waals surface area contributed by atoms with Crippen LogP contribution in [0.5, 0.6) is 0 Å². The first-order valence-electron chi connectivity index (χ1n) is 7.64. The number of anilines is 1. The van der Waals surface area contributed by atoms with E-state index < -0.39 is 36.1 Å². The summed E-state index contributed by atoms with van der Waals surface area (Å²) < 4.78 is 4.80. The molecule has 3 heterocycles. The Kier molecular flexibility index (Phi) is 6.80. The average Bonchev–Trinajstić information content (AvgIpc) is 3.26. The number of thiophene rings is 1. The molecule has 3 unspecified atom stereocenters. The molecule has 0 N–H and O–H groups in total. The van der Waals surface area contributed by atoms with E-state index in [1.165, 1.54) is 23.2 Å². The first-order valence-corrected chi connectivity index (χ1v) is 8.51. The summed E-state index contributed by atoms with van der Waals surface area (Å²) in [5.41, 5.74) is 0. The van der Waals surface area contributed by atoms with E-state index in [0.717, 1.165) is 0 Å². The molecule has 0 spiro atoms. The maximum atomic E-state index is 12.6. The van der Waals surface area contributed by atoms with Crippen molar-refractivity contribution in [2.75, 3.05) is 4.90 Å². The number of carbonyl (C=O) groups excluding carboxylic acids is 4. The van der Waals surface area contributed by atoms with Gasteiger partial charge in [-0.1, -0.05) is 0 Å². The van der Waals surface area contributed by atoms with Crippen molar-refractivity contribution in [2.45, 2.75) is 44.9 Å². The van der Waals surface area contributed by atoms with Gasteiger partial charge in [-0.2, -0.15) is 0 Å². The topological polar surface area (TPSA) is 102 Å². The van der Waals surface area contributed by atoms with E-state index in [2.05, 4.69) is 0 Å². The van der Waals surface area contributed by atoms with Gasteiger partial charge in [0.05, 0.1) is 5.00 Å². The van der Waals surface area contributed by atoms with Crippen molar-refractivity contribution >= 4 is 40.1 Å². The predicted molar refractivity (Wildman–Crippen MR) is 83.9 cm³/mol. The Morgan fingerprint density at radius 2 is 2.12 bits per heavy atom. The molecule has 0 bridgehead atoms. The zero-order valence-electron chi connectivity index (χ0n) is 14.5. The number of esters is 1. The minimum atomic E-state index is -1.06. The third-order valence-electron chi connectivity index (χ3n) is 3.82. The van der Waals surface area contributed by atoms with Gasteiger partial charge < -0.3 is 9.57 Å². The zero-order chi connectivity index (χ0) is 18.1. The molecule has 1 aromatic rings. The van der Waals surface area contributed by atoms with Crippen molar-refractivity contribution in [3.63, 3.8) is 0 Å². The molecule has 11 heteroatoms. The van der Waals surface area contributed by atoms with Crippen molar-refractivity contribution < 1.29 is 63.1 Å². The van der Waals surface area contributed by atoms with Gasteiger partial charge in [0.15, 0.2) is 6.04 Å². The fraction of sp³-hybridized carbons (Fsp3) is 0.467. The van der Waals surface area contributed by atoms with Gasteiger partial charge in [0.25, 0.3) is 0 Å². The standard InChI is InChI=1S/C15H16N2O7S.Na/c1-8-13(16(9(2)18)11-4-3-7-25-11)14(20)17(23-8)24-15(21)10-5-6-12(19)22-10;/h3-4,7-8,10,13H,5-6H2,1-2H3;/q;+1. The van der Waals surface area contributed by atoms with Crippen molar-refractivity contribution in [3.05, 3.63) is 17.5 Å². The smallest absolute Gasteiger partial charge is 0.450 e. The number of ether oxygens (including phenoxy) is 1. The molecule has 0 radical (unpaired) electrons. The molecule has 0 aliphatic carbocycles. The summed E-state index contributed by atoms with van der Waals surface area (Å²) in [6.45, 7) is 2.93. The molecule has 2 amide bonds. The predicted octanol–water partition coefficient (Wildman–Crippen LogP) is -2.20. The molecule has 3 atom stereocenters. The number of carbonyl (C=O) groups is 4. The molecular weight excluding hydrogens is 375 g/mol. The normalized spacial score (nSPS) is 24.8. The number of amides is 2. The number of nitrogens with zero attached hydrogens (tertiary/aromatic N) is 2. The Hall–Kier alpha value is -1.46. The van der Waals surface area contributed by atoms with Crippen LogP contribution in [0.25, 0.3) is 0 Å². The summed E-state index contributed by atoms with van der Waals surface area (Å²) in [4.78, 5) is 59.2. The van der Waals surface area contributed by atoms with Gasteiger partial charge in [-0.25, -0.2) is 9.63 Å². The van der Waals surface area contributed by atoms with E-state index in [0.29, 0.717) is 10.2 Å². The van der Waals surface area contributed by atoms with E-state index in [1.807, 2.05) is 0 Å². The van der Waals surface area contributed by atoms with Crippen LogP contribution >= 0.6 is 11.3 Å². The van der Waals surface area contributed by atoms with Gasteiger partial charge in [0.1, 0.15) is 6.10 Å². The minimum Gasteiger partial charge on any atom is -0.450 e. The molecule has 0 saturated carbocycles. The monoisotopic (exact) mass is 391 g/mol. The summed E-state index contributed by atoms with van der Waals surface area (Å²) in [6, 6.07) is 2.50. The summed E-state index contributed by atoms with van der Waals surface area (Å²) in [5.74, 6) is -2.41. The molecule has 2 saturated heterocycles. The maximum absolute atomic E-state index is 12.6. The largest absolute Gasteiger partial charge is 1.00 e. The maximum Gasteiger partial charge on any atom is 1.00 e. The molecule has 9 nitrogen and oxygen atoms in total. The molecule has 1 aromatic heterocycles. The third kappa shape index (κ3) is 4.09. The fourth-order valence-electron chi connectivity index (χ4n) is 2.68. The van der Waals surface area contributed by atoms with Gasteiger partial charge in [0, 0.05) is 19.8 Å². The molecule has 2 aliphatic rings. The van der Waals surface area contributed by atoms with Gasteiger partial charge in [-0.05, 0) is 29.7 Å². The van der Waals surface area contributed by atoms with Crippen molar-refractivity contribution in [1.29, 1.82) is 0 Å². The second kappa shape index (κ2) is 8.49. The SMILES string of the molecule is CC(=O)N(c1cccs1)C1C(=O)N(OC(=O)C2CCC(=O)O2)OC1C.[Na+]. The summed E-state index contributed by atoms with van der Waals surface area (Å²) in [6.07, 6.45) is -1.48. The first-order chi connectivity index (χ1) is 11.9. The molecule has 0 aromatic carbocycles. The number of rotatable bonds is 4. The van der Waals surface area contributed by atoms with Crippen LogP contribution in [0.15, 0.2) is 17.5 Å². The van der Waals surface area contributed by atoms with Crippen molar-refractivity contribution in [1.82, 2.24) is 5.23 Å². The Morgan fingerprint density at radius 1 is 1.38 bits per heavy atom. The zero-order valence-corrected chi connectivity index (χ0v) is 17.4. The Balaban J connectivity index is 0.00000243. The van der Waals surface area contributed by atoms with E-state index in [-0.39, 0.29) is 48.3 Å². The Bertz CT molecular complexity index is 711. The van der Waals surface area contributed by atoms with E-state index in [9.17, 15) is 19.2 Å². The summed E-state index contributed by atoms with van der Waals surface area (Å²) in [5, 5.41) is 2.83. The van der Waals surface area contributed by atoms with E-state index in [4.69, 9.17) is 14.4 Å². The molecule has 2 fully saturated rings. The van der Waals surface area contributed by atoms with Crippen LogP contribution in [0.3, 0.4) is 0 Å². The average molecular weight is 391 g/mol. The van der Waals surface area contributed by atoms with Crippen LogP contribution in [0.2, 0.25) is 0 Å². The fourth-order valence-corrected chi connectivity index (χ4v) is 3.49. The minimum absolute atomic E-state index is 0. The van der Waals surface area contributed by atoms with Crippen LogP contribution in [0.1, 0.15) is 26.7 Å². The first kappa shape index (κ1) is 20.8. The van der Waals surface area contributed by atoms with E-state index >= 15 is 0 Å². The van der Waals surface area contributed by atoms with Gasteiger partial charge in [0.2, 0.25) is 12.0 Å². The summed E-state index contributed by atoms with van der Waals surface area (Å²) >= 11 is 1.30. The van der Waals surface area contributed by atoms with Crippen LogP contribution in [-0.2, 0) is 33.6 Å². The second-order valence-corrected chi connectivity index (χ2v) is 6.54. The molecule has 26 heavy (non-hydrogen) atoms. The molecule has 3 rings (SSSR count). The molecule has 134 valence electrons. The third-order valence-corrected chi connectivity index (χ3v) is 4.69. The summed E-state index contributed by atoms with van der Waals surface area (Å²) in [7, 11) is 0. The van der Waals surface area contributed by atoms with E-state index in [1.54, 1.807) is 24.4 Å². The number of hydrogen-bond donors (Lipinski definition) is 0. The van der Waals surface area contributed by atoms with Crippen LogP contribution < -0.4 is 34.5 Å². The van der Waals surface area contributed by atoms with Crippen molar-refractivity contribution in [3.8, 4) is 0 Å². The second-order valence-electron chi connectivity index (χ2n) is 5.62. The van der Waals surface area contributed by atoms with Gasteiger partial charge in [-0.15, -0.1) is 11.3 Å². The number of cyclic esters (lactones) is 1. The van der Waals surface area contributed by atoms with Gasteiger partial charge in [-0.3, -0.25) is 19.3 Å². The molecular formula is C15H16N2NaO7S+. The van der Waals surface area contributed by atoms with Gasteiger partial charge >= 0.3 is 47.4 Å².